The molecular weight excluding hydrogens is 336 g/mol. The second-order valence-electron chi connectivity index (χ2n) is 6.87. The Morgan fingerprint density at radius 2 is 1.67 bits per heavy atom. The molecule has 3 aromatic rings. The maximum Gasteiger partial charge on any atom is 0.275 e. The minimum Gasteiger partial charge on any atom is -0.338 e. The van der Waals surface area contributed by atoms with Gasteiger partial charge >= 0.3 is 0 Å². The van der Waals surface area contributed by atoms with Gasteiger partial charge in [0.05, 0.1) is 12.4 Å². The first-order valence-electron chi connectivity index (χ1n) is 9.01. The van der Waals surface area contributed by atoms with Crippen LogP contribution in [0.15, 0.2) is 54.9 Å². The molecule has 1 amide bonds. The SMILES string of the molecule is Cc1ccccc1NC(=O)c1cnc(Nc2c(C)cccc2C(C)C)cn1. The van der Waals surface area contributed by atoms with E-state index in [1.54, 1.807) is 6.20 Å². The molecule has 0 aliphatic heterocycles. The first-order valence-corrected chi connectivity index (χ1v) is 9.01. The molecule has 138 valence electrons. The number of para-hydroxylation sites is 2. The number of benzene rings is 2. The van der Waals surface area contributed by atoms with Crippen molar-refractivity contribution >= 4 is 23.1 Å². The summed E-state index contributed by atoms with van der Waals surface area (Å²) in [6.45, 7) is 8.32. The minimum atomic E-state index is -0.276. The van der Waals surface area contributed by atoms with E-state index in [1.807, 2.05) is 31.2 Å². The summed E-state index contributed by atoms with van der Waals surface area (Å²) in [6, 6.07) is 13.9. The zero-order valence-corrected chi connectivity index (χ0v) is 16.1. The number of nitrogens with zero attached hydrogens (tertiary/aromatic N) is 2. The van der Waals surface area contributed by atoms with Gasteiger partial charge < -0.3 is 10.6 Å². The van der Waals surface area contributed by atoms with Gasteiger partial charge in [-0.2, -0.15) is 0 Å². The third-order valence-electron chi connectivity index (χ3n) is 4.46. The molecule has 0 aliphatic carbocycles. The molecule has 3 rings (SSSR count). The largest absolute Gasteiger partial charge is 0.338 e. The second-order valence-corrected chi connectivity index (χ2v) is 6.87. The number of carbonyl (C=O) groups excluding carboxylic acids is 1. The van der Waals surface area contributed by atoms with E-state index in [0.717, 1.165) is 22.5 Å². The van der Waals surface area contributed by atoms with E-state index in [-0.39, 0.29) is 11.6 Å². The lowest BCUT2D eigenvalue weighted by molar-refractivity contribution is 0.102. The summed E-state index contributed by atoms with van der Waals surface area (Å²) in [5, 5.41) is 6.21. The Balaban J connectivity index is 1.77. The molecule has 1 heterocycles. The van der Waals surface area contributed by atoms with Crippen LogP contribution >= 0.6 is 0 Å². The van der Waals surface area contributed by atoms with Gasteiger partial charge in [0.2, 0.25) is 0 Å². The van der Waals surface area contributed by atoms with E-state index >= 15 is 0 Å². The van der Waals surface area contributed by atoms with Crippen LogP contribution in [-0.4, -0.2) is 15.9 Å². The van der Waals surface area contributed by atoms with Crippen LogP contribution in [0.5, 0.6) is 0 Å². The smallest absolute Gasteiger partial charge is 0.275 e. The monoisotopic (exact) mass is 360 g/mol. The Hall–Kier alpha value is -3.21. The summed E-state index contributed by atoms with van der Waals surface area (Å²) in [4.78, 5) is 21.0. The Kier molecular flexibility index (Phi) is 5.50. The lowest BCUT2D eigenvalue weighted by Crippen LogP contribution is -2.15. The highest BCUT2D eigenvalue weighted by Gasteiger charge is 2.12. The van der Waals surface area contributed by atoms with Gasteiger partial charge in [0.15, 0.2) is 0 Å². The molecule has 5 nitrogen and oxygen atoms in total. The molecule has 0 bridgehead atoms. The van der Waals surface area contributed by atoms with Crippen molar-refractivity contribution < 1.29 is 4.79 Å². The van der Waals surface area contributed by atoms with Crippen molar-refractivity contribution in [2.45, 2.75) is 33.6 Å². The molecule has 0 spiro atoms. The average Bonchev–Trinajstić information content (AvgIpc) is 2.65. The third-order valence-corrected chi connectivity index (χ3v) is 4.46. The van der Waals surface area contributed by atoms with Crippen LogP contribution in [0, 0.1) is 13.8 Å². The number of carbonyl (C=O) groups is 1. The average molecular weight is 360 g/mol. The zero-order valence-electron chi connectivity index (χ0n) is 16.1. The van der Waals surface area contributed by atoms with Crippen LogP contribution in [0.25, 0.3) is 0 Å². The topological polar surface area (TPSA) is 66.9 Å². The van der Waals surface area contributed by atoms with Crippen molar-refractivity contribution in [3.8, 4) is 0 Å². The van der Waals surface area contributed by atoms with Crippen molar-refractivity contribution in [2.75, 3.05) is 10.6 Å². The molecule has 0 fully saturated rings. The molecule has 0 aliphatic rings. The third kappa shape index (κ3) is 4.31. The van der Waals surface area contributed by atoms with E-state index in [4.69, 9.17) is 0 Å². The highest BCUT2D eigenvalue weighted by atomic mass is 16.1. The van der Waals surface area contributed by atoms with E-state index in [1.165, 1.54) is 11.8 Å². The van der Waals surface area contributed by atoms with Crippen molar-refractivity contribution in [2.24, 2.45) is 0 Å². The lowest BCUT2D eigenvalue weighted by atomic mass is 9.98. The lowest BCUT2D eigenvalue weighted by Gasteiger charge is -2.16. The summed E-state index contributed by atoms with van der Waals surface area (Å²) in [7, 11) is 0. The summed E-state index contributed by atoms with van der Waals surface area (Å²) >= 11 is 0. The molecule has 5 heteroatoms. The van der Waals surface area contributed by atoms with E-state index in [9.17, 15) is 4.79 Å². The molecule has 0 radical (unpaired) electrons. The molecule has 0 unspecified atom stereocenters. The van der Waals surface area contributed by atoms with E-state index in [2.05, 4.69) is 59.6 Å². The fraction of sp³-hybridized carbons (Fsp3) is 0.227. The highest BCUT2D eigenvalue weighted by Crippen LogP contribution is 2.29. The van der Waals surface area contributed by atoms with E-state index < -0.39 is 0 Å². The molecule has 1 aromatic heterocycles. The van der Waals surface area contributed by atoms with Gasteiger partial charge in [-0.3, -0.25) is 4.79 Å². The highest BCUT2D eigenvalue weighted by molar-refractivity contribution is 6.03. The molecule has 0 atom stereocenters. The van der Waals surface area contributed by atoms with Gasteiger partial charge in [-0.1, -0.05) is 50.2 Å². The van der Waals surface area contributed by atoms with Gasteiger partial charge in [-0.15, -0.1) is 0 Å². The van der Waals surface area contributed by atoms with Crippen LogP contribution in [0.4, 0.5) is 17.2 Å². The van der Waals surface area contributed by atoms with Crippen LogP contribution in [0.2, 0.25) is 0 Å². The fourth-order valence-corrected chi connectivity index (χ4v) is 2.88. The summed E-state index contributed by atoms with van der Waals surface area (Å²) < 4.78 is 0. The quantitative estimate of drug-likeness (QED) is 0.655. The Labute approximate surface area is 159 Å². The first kappa shape index (κ1) is 18.6. The van der Waals surface area contributed by atoms with Gasteiger partial charge in [-0.05, 0) is 42.5 Å². The number of rotatable bonds is 5. The molecule has 2 N–H and O–H groups in total. The van der Waals surface area contributed by atoms with Crippen LogP contribution in [0.1, 0.15) is 46.9 Å². The molecule has 27 heavy (non-hydrogen) atoms. The Morgan fingerprint density at radius 3 is 2.33 bits per heavy atom. The predicted molar refractivity (Wildman–Crippen MR) is 110 cm³/mol. The fourth-order valence-electron chi connectivity index (χ4n) is 2.88. The number of aromatic nitrogens is 2. The minimum absolute atomic E-state index is 0.276. The van der Waals surface area contributed by atoms with Gasteiger partial charge in [-0.25, -0.2) is 9.97 Å². The summed E-state index contributed by atoms with van der Waals surface area (Å²) in [5.41, 5.74) is 5.45. The number of hydrogen-bond acceptors (Lipinski definition) is 4. The zero-order chi connectivity index (χ0) is 19.4. The molecule has 2 aromatic carbocycles. The van der Waals surface area contributed by atoms with Crippen LogP contribution in [-0.2, 0) is 0 Å². The predicted octanol–water partition coefficient (Wildman–Crippen LogP) is 5.21. The summed E-state index contributed by atoms with van der Waals surface area (Å²) in [6.07, 6.45) is 3.08. The van der Waals surface area contributed by atoms with Crippen LogP contribution < -0.4 is 10.6 Å². The molecular formula is C22H24N4O. The first-order chi connectivity index (χ1) is 13.0. The standard InChI is InChI=1S/C22H24N4O/c1-14(2)17-10-7-9-16(4)21(17)26-20-13-23-19(12-24-20)22(27)25-18-11-6-5-8-15(18)3/h5-14H,1-4H3,(H,24,26)(H,25,27). The maximum absolute atomic E-state index is 12.4. The number of hydrogen-bond donors (Lipinski definition) is 2. The number of aryl methyl sites for hydroxylation is 2. The number of anilines is 3. The number of amides is 1. The van der Waals surface area contributed by atoms with Gasteiger partial charge in [0, 0.05) is 11.4 Å². The van der Waals surface area contributed by atoms with Crippen molar-refractivity contribution in [1.29, 1.82) is 0 Å². The van der Waals surface area contributed by atoms with Crippen molar-refractivity contribution in [3.05, 3.63) is 77.2 Å². The number of nitrogens with one attached hydrogen (secondary N) is 2. The molecule has 0 saturated heterocycles. The molecule has 0 saturated carbocycles. The van der Waals surface area contributed by atoms with Gasteiger partial charge in [0.1, 0.15) is 11.5 Å². The van der Waals surface area contributed by atoms with Crippen molar-refractivity contribution in [3.63, 3.8) is 0 Å². The van der Waals surface area contributed by atoms with Gasteiger partial charge in [0.25, 0.3) is 5.91 Å². The second kappa shape index (κ2) is 7.99. The van der Waals surface area contributed by atoms with Crippen LogP contribution in [0.3, 0.4) is 0 Å². The Morgan fingerprint density at radius 1 is 0.926 bits per heavy atom. The van der Waals surface area contributed by atoms with E-state index in [0.29, 0.717) is 11.7 Å². The summed E-state index contributed by atoms with van der Waals surface area (Å²) in [5.74, 6) is 0.722. The normalized spacial score (nSPS) is 10.7. The van der Waals surface area contributed by atoms with Crippen molar-refractivity contribution in [1.82, 2.24) is 9.97 Å². The maximum atomic E-state index is 12.4. The Bertz CT molecular complexity index is 949.